The predicted molar refractivity (Wildman–Crippen MR) is 81.5 cm³/mol. The Labute approximate surface area is 131 Å². The fourth-order valence-electron chi connectivity index (χ4n) is 1.99. The lowest BCUT2D eigenvalue weighted by Gasteiger charge is -2.23. The fourth-order valence-corrected chi connectivity index (χ4v) is 1.99. The molecular weight excluding hydrogens is 300 g/mol. The number of nitrogens with one attached hydrogen (secondary N) is 1. The van der Waals surface area contributed by atoms with E-state index in [0.717, 1.165) is 0 Å². The number of benzene rings is 1. The van der Waals surface area contributed by atoms with Crippen LogP contribution in [0.1, 0.15) is 17.2 Å². The first-order valence-corrected chi connectivity index (χ1v) is 6.71. The number of nitro benzene ring substituents is 1. The van der Waals surface area contributed by atoms with Gasteiger partial charge in [0.05, 0.1) is 23.1 Å². The lowest BCUT2D eigenvalue weighted by Crippen LogP contribution is -2.31. The maximum atomic E-state index is 10.6. The Hall–Kier alpha value is -3.02. The van der Waals surface area contributed by atoms with Crippen molar-refractivity contribution < 1.29 is 15.1 Å². The predicted octanol–water partition coefficient (Wildman–Crippen LogP) is 1.37. The quantitative estimate of drug-likeness (QED) is 0.541. The number of aliphatic hydroxyl groups excluding tert-OH is 2. The molecule has 0 fully saturated rings. The Balaban J connectivity index is 2.12. The van der Waals surface area contributed by atoms with Crippen LogP contribution in [0.2, 0.25) is 0 Å². The zero-order chi connectivity index (χ0) is 16.8. The van der Waals surface area contributed by atoms with E-state index in [1.54, 1.807) is 12.1 Å². The van der Waals surface area contributed by atoms with E-state index in [0.29, 0.717) is 16.9 Å². The molecule has 0 bridgehead atoms. The van der Waals surface area contributed by atoms with Crippen LogP contribution >= 0.6 is 0 Å². The van der Waals surface area contributed by atoms with E-state index in [1.807, 2.05) is 6.07 Å². The average molecular weight is 314 g/mol. The monoisotopic (exact) mass is 314 g/mol. The van der Waals surface area contributed by atoms with Crippen molar-refractivity contribution in [2.45, 2.75) is 12.1 Å². The van der Waals surface area contributed by atoms with Gasteiger partial charge in [-0.1, -0.05) is 0 Å². The number of hydrogen-bond acceptors (Lipinski definition) is 7. The largest absolute Gasteiger partial charge is 0.394 e. The number of nitro groups is 1. The third-order valence-corrected chi connectivity index (χ3v) is 3.25. The number of anilines is 1. The van der Waals surface area contributed by atoms with Gasteiger partial charge in [0, 0.05) is 18.3 Å². The molecule has 0 amide bonds. The topological polar surface area (TPSA) is 132 Å². The minimum atomic E-state index is -1.08. The van der Waals surface area contributed by atoms with Gasteiger partial charge in [-0.05, 0) is 29.8 Å². The molecule has 0 saturated carbocycles. The summed E-state index contributed by atoms with van der Waals surface area (Å²) in [5.74, 6) is 0.393. The first-order chi connectivity index (χ1) is 11.0. The first kappa shape index (κ1) is 16.4. The van der Waals surface area contributed by atoms with Crippen LogP contribution < -0.4 is 5.32 Å². The molecule has 0 aliphatic carbocycles. The molecule has 0 spiro atoms. The second-order valence-corrected chi connectivity index (χ2v) is 4.77. The minimum Gasteiger partial charge on any atom is -0.394 e. The molecule has 2 aromatic rings. The van der Waals surface area contributed by atoms with E-state index in [1.165, 1.54) is 30.5 Å². The Kier molecular flexibility index (Phi) is 5.19. The van der Waals surface area contributed by atoms with Crippen molar-refractivity contribution >= 4 is 11.5 Å². The molecule has 118 valence electrons. The van der Waals surface area contributed by atoms with Crippen molar-refractivity contribution in [3.05, 3.63) is 63.8 Å². The standard InChI is InChI=1S/C15H14N4O4/c16-7-10-1-6-14(17-8-10)18-13(9-20)15(21)11-2-4-12(5-3-11)19(22)23/h1-6,8,13,15,20-21H,9H2,(H,17,18). The Bertz CT molecular complexity index is 710. The van der Waals surface area contributed by atoms with E-state index in [4.69, 9.17) is 5.26 Å². The van der Waals surface area contributed by atoms with Crippen LogP contribution in [-0.2, 0) is 0 Å². The summed E-state index contributed by atoms with van der Waals surface area (Å²) in [6.45, 7) is -0.375. The summed E-state index contributed by atoms with van der Waals surface area (Å²) < 4.78 is 0. The second-order valence-electron chi connectivity index (χ2n) is 4.77. The van der Waals surface area contributed by atoms with Crippen molar-refractivity contribution in [1.82, 2.24) is 4.98 Å². The molecule has 1 aromatic carbocycles. The van der Waals surface area contributed by atoms with Crippen LogP contribution in [0.25, 0.3) is 0 Å². The molecule has 0 radical (unpaired) electrons. The van der Waals surface area contributed by atoms with Crippen molar-refractivity contribution in [3.8, 4) is 6.07 Å². The Morgan fingerprint density at radius 2 is 2.00 bits per heavy atom. The number of aliphatic hydroxyl groups is 2. The maximum absolute atomic E-state index is 10.6. The summed E-state index contributed by atoms with van der Waals surface area (Å²) in [5.41, 5.74) is 0.742. The van der Waals surface area contributed by atoms with Gasteiger partial charge in [0.15, 0.2) is 0 Å². The number of non-ortho nitro benzene ring substituents is 1. The van der Waals surface area contributed by atoms with Crippen LogP contribution in [0.5, 0.6) is 0 Å². The lowest BCUT2D eigenvalue weighted by molar-refractivity contribution is -0.384. The Morgan fingerprint density at radius 1 is 1.30 bits per heavy atom. The Morgan fingerprint density at radius 3 is 2.48 bits per heavy atom. The molecule has 1 aromatic heterocycles. The van der Waals surface area contributed by atoms with Gasteiger partial charge in [-0.15, -0.1) is 0 Å². The average Bonchev–Trinajstić information content (AvgIpc) is 2.59. The highest BCUT2D eigenvalue weighted by Crippen LogP contribution is 2.22. The molecule has 0 aliphatic rings. The molecule has 1 heterocycles. The third-order valence-electron chi connectivity index (χ3n) is 3.25. The summed E-state index contributed by atoms with van der Waals surface area (Å²) in [6, 6.07) is 9.73. The van der Waals surface area contributed by atoms with Crippen LogP contribution in [-0.4, -0.2) is 32.8 Å². The third kappa shape index (κ3) is 4.00. The van der Waals surface area contributed by atoms with Crippen molar-refractivity contribution in [2.75, 3.05) is 11.9 Å². The molecule has 2 unspecified atom stereocenters. The summed E-state index contributed by atoms with van der Waals surface area (Å²) in [4.78, 5) is 14.1. The maximum Gasteiger partial charge on any atom is 0.269 e. The molecule has 3 N–H and O–H groups in total. The van der Waals surface area contributed by atoms with Crippen LogP contribution in [0.15, 0.2) is 42.6 Å². The molecule has 2 atom stereocenters. The first-order valence-electron chi connectivity index (χ1n) is 6.71. The highest BCUT2D eigenvalue weighted by atomic mass is 16.6. The number of pyridine rings is 1. The van der Waals surface area contributed by atoms with Gasteiger partial charge in [-0.2, -0.15) is 5.26 Å². The zero-order valence-electron chi connectivity index (χ0n) is 12.0. The normalized spacial score (nSPS) is 12.9. The smallest absolute Gasteiger partial charge is 0.269 e. The highest BCUT2D eigenvalue weighted by Gasteiger charge is 2.21. The van der Waals surface area contributed by atoms with Crippen LogP contribution in [0.4, 0.5) is 11.5 Å². The molecule has 23 heavy (non-hydrogen) atoms. The summed E-state index contributed by atoms with van der Waals surface area (Å²) in [7, 11) is 0. The molecule has 8 nitrogen and oxygen atoms in total. The lowest BCUT2D eigenvalue weighted by atomic mass is 10.0. The summed E-state index contributed by atoms with van der Waals surface area (Å²) in [6.07, 6.45) is 0.285. The molecule has 2 rings (SSSR count). The number of nitrogens with zero attached hydrogens (tertiary/aromatic N) is 3. The van der Waals surface area contributed by atoms with Crippen LogP contribution in [0.3, 0.4) is 0 Å². The van der Waals surface area contributed by atoms with Gasteiger partial charge < -0.3 is 15.5 Å². The van der Waals surface area contributed by atoms with Gasteiger partial charge in [-0.25, -0.2) is 4.98 Å². The number of rotatable bonds is 6. The molecule has 8 heteroatoms. The van der Waals surface area contributed by atoms with E-state index >= 15 is 0 Å². The van der Waals surface area contributed by atoms with E-state index in [9.17, 15) is 20.3 Å². The van der Waals surface area contributed by atoms with Gasteiger partial charge in [0.2, 0.25) is 0 Å². The second kappa shape index (κ2) is 7.31. The van der Waals surface area contributed by atoms with E-state index < -0.39 is 17.1 Å². The summed E-state index contributed by atoms with van der Waals surface area (Å²) in [5, 5.41) is 42.0. The van der Waals surface area contributed by atoms with Gasteiger partial charge in [-0.3, -0.25) is 10.1 Å². The van der Waals surface area contributed by atoms with E-state index in [-0.39, 0.29) is 12.3 Å². The number of nitriles is 1. The minimum absolute atomic E-state index is 0.0804. The zero-order valence-corrected chi connectivity index (χ0v) is 12.0. The van der Waals surface area contributed by atoms with Gasteiger partial charge >= 0.3 is 0 Å². The molecule has 0 saturated heterocycles. The SMILES string of the molecule is N#Cc1ccc(NC(CO)C(O)c2ccc([N+](=O)[O-])cc2)nc1. The van der Waals surface area contributed by atoms with Gasteiger partial charge in [0.1, 0.15) is 18.0 Å². The summed E-state index contributed by atoms with van der Waals surface area (Å²) >= 11 is 0. The fraction of sp³-hybridized carbons (Fsp3) is 0.200. The number of aromatic nitrogens is 1. The molecular formula is C15H14N4O4. The van der Waals surface area contributed by atoms with Crippen molar-refractivity contribution in [2.24, 2.45) is 0 Å². The van der Waals surface area contributed by atoms with E-state index in [2.05, 4.69) is 10.3 Å². The van der Waals surface area contributed by atoms with Crippen molar-refractivity contribution in [1.29, 1.82) is 5.26 Å². The highest BCUT2D eigenvalue weighted by molar-refractivity contribution is 5.41. The van der Waals surface area contributed by atoms with Crippen LogP contribution in [0, 0.1) is 21.4 Å². The number of hydrogen-bond donors (Lipinski definition) is 3. The molecule has 0 aliphatic heterocycles. The van der Waals surface area contributed by atoms with Crippen molar-refractivity contribution in [3.63, 3.8) is 0 Å². The van der Waals surface area contributed by atoms with Gasteiger partial charge in [0.25, 0.3) is 5.69 Å².